The molecular weight excluding hydrogens is 436 g/mol. The first-order valence-electron chi connectivity index (χ1n) is 10.7. The van der Waals surface area contributed by atoms with Gasteiger partial charge in [0, 0.05) is 23.9 Å². The van der Waals surface area contributed by atoms with Crippen molar-refractivity contribution in [3.63, 3.8) is 0 Å². The van der Waals surface area contributed by atoms with Crippen LogP contribution in [0.2, 0.25) is 0 Å². The van der Waals surface area contributed by atoms with Gasteiger partial charge in [0.05, 0.1) is 28.0 Å². The summed E-state index contributed by atoms with van der Waals surface area (Å²) in [5, 5.41) is 22.9. The highest BCUT2D eigenvalue weighted by molar-refractivity contribution is 6.07. The Morgan fingerprint density at radius 1 is 0.912 bits per heavy atom. The van der Waals surface area contributed by atoms with Gasteiger partial charge < -0.3 is 21.3 Å². The Balaban J connectivity index is 1.79. The summed E-state index contributed by atoms with van der Waals surface area (Å²) in [7, 11) is 0. The van der Waals surface area contributed by atoms with Gasteiger partial charge >= 0.3 is 6.03 Å². The lowest BCUT2D eigenvalue weighted by Gasteiger charge is -2.16. The van der Waals surface area contributed by atoms with Gasteiger partial charge in [-0.3, -0.25) is 19.9 Å². The second-order valence-corrected chi connectivity index (χ2v) is 7.86. The largest absolute Gasteiger partial charge is 0.371 e. The van der Waals surface area contributed by atoms with E-state index in [0.717, 1.165) is 5.69 Å². The van der Waals surface area contributed by atoms with E-state index in [1.807, 2.05) is 32.9 Å². The van der Waals surface area contributed by atoms with Crippen molar-refractivity contribution in [1.82, 2.24) is 10.3 Å². The van der Waals surface area contributed by atoms with Crippen LogP contribution in [-0.4, -0.2) is 27.9 Å². The van der Waals surface area contributed by atoms with Crippen LogP contribution in [0.1, 0.15) is 42.9 Å². The highest BCUT2D eigenvalue weighted by Crippen LogP contribution is 2.30. The number of benzene rings is 2. The number of para-hydroxylation sites is 2. The first-order chi connectivity index (χ1) is 16.2. The third-order valence-electron chi connectivity index (χ3n) is 4.80. The molecule has 176 valence electrons. The summed E-state index contributed by atoms with van der Waals surface area (Å²) in [4.78, 5) is 40.3. The highest BCUT2D eigenvalue weighted by atomic mass is 16.6. The van der Waals surface area contributed by atoms with Gasteiger partial charge in [-0.15, -0.1) is 0 Å². The van der Waals surface area contributed by atoms with Crippen molar-refractivity contribution < 1.29 is 14.5 Å². The van der Waals surface area contributed by atoms with Gasteiger partial charge in [-0.2, -0.15) is 0 Å². The van der Waals surface area contributed by atoms with E-state index in [4.69, 9.17) is 0 Å². The summed E-state index contributed by atoms with van der Waals surface area (Å²) in [5.74, 6) is -0.550. The lowest BCUT2D eigenvalue weighted by atomic mass is 10.1. The Morgan fingerprint density at radius 3 is 2.21 bits per heavy atom. The zero-order valence-electron chi connectivity index (χ0n) is 19.0. The number of pyridine rings is 1. The minimum atomic E-state index is -0.550. The molecule has 3 rings (SSSR count). The smallest absolute Gasteiger partial charge is 0.319 e. The van der Waals surface area contributed by atoms with Crippen LogP contribution >= 0.6 is 0 Å². The molecule has 3 amide bonds. The molecule has 0 aliphatic heterocycles. The number of aromatic nitrogens is 1. The van der Waals surface area contributed by atoms with E-state index in [0.29, 0.717) is 11.4 Å². The zero-order valence-corrected chi connectivity index (χ0v) is 19.0. The molecule has 4 N–H and O–H groups in total. The number of rotatable bonds is 8. The lowest BCUT2D eigenvalue weighted by Crippen LogP contribution is -2.34. The van der Waals surface area contributed by atoms with Gasteiger partial charge in [-0.1, -0.05) is 18.2 Å². The molecule has 1 unspecified atom stereocenters. The van der Waals surface area contributed by atoms with Crippen molar-refractivity contribution in [2.45, 2.75) is 32.9 Å². The van der Waals surface area contributed by atoms with Crippen molar-refractivity contribution in [2.24, 2.45) is 0 Å². The zero-order chi connectivity index (χ0) is 24.7. The maximum atomic E-state index is 12.9. The van der Waals surface area contributed by atoms with Crippen molar-refractivity contribution >= 4 is 34.7 Å². The number of hydrogen-bond acceptors (Lipinski definition) is 6. The van der Waals surface area contributed by atoms with Crippen LogP contribution in [0, 0.1) is 10.1 Å². The molecule has 0 saturated heterocycles. The van der Waals surface area contributed by atoms with E-state index in [2.05, 4.69) is 26.3 Å². The first-order valence-corrected chi connectivity index (χ1v) is 10.7. The fourth-order valence-corrected chi connectivity index (χ4v) is 3.20. The van der Waals surface area contributed by atoms with Crippen LogP contribution in [0.25, 0.3) is 0 Å². The van der Waals surface area contributed by atoms with E-state index >= 15 is 0 Å². The van der Waals surface area contributed by atoms with Gasteiger partial charge in [0.25, 0.3) is 11.6 Å². The molecule has 1 aromatic heterocycles. The summed E-state index contributed by atoms with van der Waals surface area (Å²) < 4.78 is 0. The number of carbonyl (C=O) groups is 2. The molecule has 0 radical (unpaired) electrons. The molecular formula is C24H26N6O4. The van der Waals surface area contributed by atoms with Crippen LogP contribution < -0.4 is 21.3 Å². The number of urea groups is 1. The second kappa shape index (κ2) is 10.9. The molecule has 1 heterocycles. The predicted octanol–water partition coefficient (Wildman–Crippen LogP) is 4.95. The standard InChI is InChI=1S/C24H26N6O4/c1-15(2)26-24(32)29-20-10-5-4-9-19(20)28-23(31)17-11-12-21(22(14-17)30(33)34)27-16(3)18-8-6-7-13-25-18/h4-16,27H,1-3H3,(H,28,31)(H2,26,29,32). The quantitative estimate of drug-likeness (QED) is 0.276. The van der Waals surface area contributed by atoms with Gasteiger partial charge in [0.15, 0.2) is 0 Å². The number of carbonyl (C=O) groups excluding carboxylic acids is 2. The second-order valence-electron chi connectivity index (χ2n) is 7.86. The molecule has 34 heavy (non-hydrogen) atoms. The maximum absolute atomic E-state index is 12.9. The van der Waals surface area contributed by atoms with E-state index in [1.54, 1.807) is 36.5 Å². The molecule has 0 saturated carbocycles. The number of nitro benzene ring substituents is 1. The number of nitrogens with zero attached hydrogens (tertiary/aromatic N) is 2. The Morgan fingerprint density at radius 2 is 1.59 bits per heavy atom. The van der Waals surface area contributed by atoms with Crippen molar-refractivity contribution in [3.8, 4) is 0 Å². The van der Waals surface area contributed by atoms with Crippen LogP contribution in [0.4, 0.5) is 27.5 Å². The molecule has 3 aromatic rings. The fraction of sp³-hybridized carbons (Fsp3) is 0.208. The van der Waals surface area contributed by atoms with Gasteiger partial charge in [0.1, 0.15) is 5.69 Å². The van der Waals surface area contributed by atoms with E-state index < -0.39 is 16.9 Å². The molecule has 0 aliphatic carbocycles. The predicted molar refractivity (Wildman–Crippen MR) is 131 cm³/mol. The highest BCUT2D eigenvalue weighted by Gasteiger charge is 2.20. The summed E-state index contributed by atoms with van der Waals surface area (Å²) in [5.41, 5.74) is 1.62. The average molecular weight is 463 g/mol. The number of hydrogen-bond donors (Lipinski definition) is 4. The Hall–Kier alpha value is -4.47. The number of anilines is 3. The van der Waals surface area contributed by atoms with Crippen LogP contribution in [0.3, 0.4) is 0 Å². The van der Waals surface area contributed by atoms with Crippen molar-refractivity contribution in [2.75, 3.05) is 16.0 Å². The van der Waals surface area contributed by atoms with Crippen molar-refractivity contribution in [3.05, 3.63) is 88.2 Å². The van der Waals surface area contributed by atoms with E-state index in [-0.39, 0.29) is 29.0 Å². The number of amides is 3. The minimum absolute atomic E-state index is 0.0604. The van der Waals surface area contributed by atoms with E-state index in [9.17, 15) is 19.7 Å². The third-order valence-corrected chi connectivity index (χ3v) is 4.80. The molecule has 10 nitrogen and oxygen atoms in total. The summed E-state index contributed by atoms with van der Waals surface area (Å²) >= 11 is 0. The van der Waals surface area contributed by atoms with Crippen LogP contribution in [0.15, 0.2) is 66.9 Å². The molecule has 0 fully saturated rings. The van der Waals surface area contributed by atoms with Gasteiger partial charge in [-0.25, -0.2) is 4.79 Å². The van der Waals surface area contributed by atoms with Crippen molar-refractivity contribution in [1.29, 1.82) is 0 Å². The summed E-state index contributed by atoms with van der Waals surface area (Å²) in [6.07, 6.45) is 1.65. The molecule has 0 bridgehead atoms. The Kier molecular flexibility index (Phi) is 7.75. The Labute approximate surface area is 196 Å². The topological polar surface area (TPSA) is 138 Å². The number of nitrogens with one attached hydrogen (secondary N) is 4. The fourth-order valence-electron chi connectivity index (χ4n) is 3.20. The monoisotopic (exact) mass is 462 g/mol. The Bertz CT molecular complexity index is 1180. The summed E-state index contributed by atoms with van der Waals surface area (Å²) in [6, 6.07) is 15.6. The molecule has 0 aliphatic rings. The third kappa shape index (κ3) is 6.28. The molecule has 2 aromatic carbocycles. The molecule has 1 atom stereocenters. The molecule has 0 spiro atoms. The molecule has 10 heteroatoms. The lowest BCUT2D eigenvalue weighted by molar-refractivity contribution is -0.384. The maximum Gasteiger partial charge on any atom is 0.319 e. The van der Waals surface area contributed by atoms with Crippen LogP contribution in [-0.2, 0) is 0 Å². The summed E-state index contributed by atoms with van der Waals surface area (Å²) in [6.45, 7) is 5.50. The van der Waals surface area contributed by atoms with Gasteiger partial charge in [0.2, 0.25) is 0 Å². The minimum Gasteiger partial charge on any atom is -0.371 e. The van der Waals surface area contributed by atoms with E-state index in [1.165, 1.54) is 18.2 Å². The van der Waals surface area contributed by atoms with Gasteiger partial charge in [-0.05, 0) is 57.2 Å². The SMILES string of the molecule is CC(C)NC(=O)Nc1ccccc1NC(=O)c1ccc(NC(C)c2ccccn2)c([N+](=O)[O-])c1. The van der Waals surface area contributed by atoms with Crippen LogP contribution in [0.5, 0.6) is 0 Å². The number of nitro groups is 1. The first kappa shape index (κ1) is 24.2. The average Bonchev–Trinajstić information content (AvgIpc) is 2.80. The normalized spacial score (nSPS) is 11.4.